The van der Waals surface area contributed by atoms with Gasteiger partial charge >= 0.3 is 0 Å². The highest BCUT2D eigenvalue weighted by molar-refractivity contribution is 5.88. The minimum absolute atomic E-state index is 0.0989. The van der Waals surface area contributed by atoms with Gasteiger partial charge in [-0.3, -0.25) is 4.79 Å². The first-order valence-corrected chi connectivity index (χ1v) is 15.1. The van der Waals surface area contributed by atoms with Gasteiger partial charge in [-0.25, -0.2) is 0 Å². The molecule has 0 aliphatic rings. The number of amides is 1. The van der Waals surface area contributed by atoms with Crippen molar-refractivity contribution in [3.05, 3.63) is 82.0 Å². The van der Waals surface area contributed by atoms with Gasteiger partial charge in [0.2, 0.25) is 5.91 Å². The molecule has 1 unspecified atom stereocenters. The quantitative estimate of drug-likeness (QED) is 0.0999. The fourth-order valence-corrected chi connectivity index (χ4v) is 4.49. The lowest BCUT2D eigenvalue weighted by Crippen LogP contribution is -2.39. The molecule has 3 N–H and O–H groups in total. The number of nitrogens with zero attached hydrogens (tertiary/aromatic N) is 1. The highest BCUT2D eigenvalue weighted by atomic mass is 16.3. The minimum Gasteiger partial charge on any atom is -0.504 e. The van der Waals surface area contributed by atoms with E-state index in [-0.39, 0.29) is 30.0 Å². The molecule has 0 aliphatic heterocycles. The van der Waals surface area contributed by atoms with Crippen LogP contribution in [0.4, 0.5) is 0 Å². The molecule has 0 spiro atoms. The predicted molar refractivity (Wildman–Crippen MR) is 173 cm³/mol. The number of aliphatic hydroxyl groups excluding tert-OH is 1. The van der Waals surface area contributed by atoms with Gasteiger partial charge in [-0.05, 0) is 124 Å². The van der Waals surface area contributed by atoms with Gasteiger partial charge in [0.1, 0.15) is 0 Å². The Morgan fingerprint density at radius 3 is 1.63 bits per heavy atom. The van der Waals surface area contributed by atoms with E-state index in [1.807, 2.05) is 20.8 Å². The molecule has 1 aromatic rings. The number of carbonyl (C=O) groups is 1. The minimum atomic E-state index is -0.969. The van der Waals surface area contributed by atoms with Gasteiger partial charge in [0.05, 0.1) is 12.6 Å². The van der Waals surface area contributed by atoms with Gasteiger partial charge in [-0.2, -0.15) is 0 Å². The number of rotatable bonds is 17. The zero-order valence-electron chi connectivity index (χ0n) is 26.8. The van der Waals surface area contributed by atoms with Crippen LogP contribution in [0.5, 0.6) is 11.5 Å². The van der Waals surface area contributed by atoms with Gasteiger partial charge in [-0.15, -0.1) is 0 Å². The number of aromatic hydroxyl groups is 2. The SMILES string of the molecule is CC(C)=CCCC(C)=CCCC(C)=CCCC(C)=CCCC(C)=CC(=O)N(CC(O)c1ccc(O)c(O)c1)C(C)C. The summed E-state index contributed by atoms with van der Waals surface area (Å²) in [6.45, 7) is 16.8. The summed E-state index contributed by atoms with van der Waals surface area (Å²) in [6, 6.07) is 4.10. The average Bonchev–Trinajstić information content (AvgIpc) is 2.88. The molecule has 0 heterocycles. The van der Waals surface area contributed by atoms with Crippen LogP contribution in [0.1, 0.15) is 118 Å². The lowest BCUT2D eigenvalue weighted by atomic mass is 10.0. The molecule has 0 aromatic heterocycles. The maximum absolute atomic E-state index is 13.0. The third-order valence-electron chi connectivity index (χ3n) is 7.22. The summed E-state index contributed by atoms with van der Waals surface area (Å²) in [6.07, 6.45) is 18.3. The van der Waals surface area contributed by atoms with Crippen LogP contribution in [-0.4, -0.2) is 38.7 Å². The monoisotopic (exact) mass is 565 g/mol. The molecule has 0 saturated heterocycles. The van der Waals surface area contributed by atoms with Gasteiger partial charge in [0.15, 0.2) is 11.5 Å². The van der Waals surface area contributed by atoms with Crippen molar-refractivity contribution >= 4 is 5.91 Å². The van der Waals surface area contributed by atoms with Crippen molar-refractivity contribution in [2.45, 2.75) is 119 Å². The molecule has 0 fully saturated rings. The molecule has 0 aliphatic carbocycles. The molecule has 5 nitrogen and oxygen atoms in total. The predicted octanol–water partition coefficient (Wildman–Crippen LogP) is 9.24. The van der Waals surface area contributed by atoms with E-state index in [0.717, 1.165) is 56.9 Å². The maximum atomic E-state index is 13.0. The lowest BCUT2D eigenvalue weighted by molar-refractivity contribution is -0.129. The number of hydrogen-bond acceptors (Lipinski definition) is 4. The second-order valence-electron chi connectivity index (χ2n) is 11.9. The van der Waals surface area contributed by atoms with Crippen LogP contribution in [0.2, 0.25) is 0 Å². The molecule has 0 saturated carbocycles. The summed E-state index contributed by atoms with van der Waals surface area (Å²) in [7, 11) is 0. The summed E-state index contributed by atoms with van der Waals surface area (Å²) >= 11 is 0. The zero-order chi connectivity index (χ0) is 30.9. The van der Waals surface area contributed by atoms with E-state index in [0.29, 0.717) is 5.56 Å². The van der Waals surface area contributed by atoms with Crippen molar-refractivity contribution in [3.63, 3.8) is 0 Å². The number of phenolic OH excluding ortho intramolecular Hbond substituents is 2. The van der Waals surface area contributed by atoms with E-state index in [2.05, 4.69) is 58.9 Å². The zero-order valence-corrected chi connectivity index (χ0v) is 26.8. The molecule has 0 bridgehead atoms. The fourth-order valence-electron chi connectivity index (χ4n) is 4.49. The fraction of sp³-hybridized carbons (Fsp3) is 0.528. The molecule has 5 heteroatoms. The molecular weight excluding hydrogens is 510 g/mol. The highest BCUT2D eigenvalue weighted by Gasteiger charge is 2.21. The topological polar surface area (TPSA) is 81.0 Å². The Morgan fingerprint density at radius 2 is 1.20 bits per heavy atom. The molecule has 41 heavy (non-hydrogen) atoms. The van der Waals surface area contributed by atoms with Crippen LogP contribution in [0.25, 0.3) is 0 Å². The van der Waals surface area contributed by atoms with Crippen molar-refractivity contribution in [2.75, 3.05) is 6.54 Å². The van der Waals surface area contributed by atoms with Crippen molar-refractivity contribution in [3.8, 4) is 11.5 Å². The Labute approximate surface area is 249 Å². The van der Waals surface area contributed by atoms with Crippen LogP contribution >= 0.6 is 0 Å². The number of hydrogen-bond donors (Lipinski definition) is 3. The first-order chi connectivity index (χ1) is 19.3. The normalized spacial score (nSPS) is 13.9. The Bertz CT molecular complexity index is 1120. The molecule has 1 atom stereocenters. The number of allylic oxidation sites excluding steroid dienone is 9. The van der Waals surface area contributed by atoms with Crippen LogP contribution in [0.3, 0.4) is 0 Å². The van der Waals surface area contributed by atoms with Gasteiger partial charge in [0, 0.05) is 12.1 Å². The summed E-state index contributed by atoms with van der Waals surface area (Å²) in [5.74, 6) is -0.677. The van der Waals surface area contributed by atoms with E-state index >= 15 is 0 Å². The molecular formula is C36H55NO4. The number of phenols is 2. The Kier molecular flexibility index (Phi) is 16.8. The average molecular weight is 566 g/mol. The standard InChI is InChI=1S/C36H55NO4/c1-26(2)13-9-14-28(5)15-10-16-29(6)17-11-18-30(7)19-12-20-31(8)23-36(41)37(27(3)4)25-35(40)32-21-22-33(38)34(39)24-32/h13,15,17,19,21-24,27,35,38-40H,9-12,14,16,18,20,25H2,1-8H3. The van der Waals surface area contributed by atoms with Crippen molar-refractivity contribution in [1.29, 1.82) is 0 Å². The van der Waals surface area contributed by atoms with Crippen molar-refractivity contribution in [1.82, 2.24) is 4.90 Å². The first kappa shape index (κ1) is 36.0. The Morgan fingerprint density at radius 1 is 0.732 bits per heavy atom. The van der Waals surface area contributed by atoms with Gasteiger partial charge in [-0.1, -0.05) is 58.2 Å². The maximum Gasteiger partial charge on any atom is 0.246 e. The third-order valence-corrected chi connectivity index (χ3v) is 7.22. The summed E-state index contributed by atoms with van der Waals surface area (Å²) in [4.78, 5) is 14.6. The lowest BCUT2D eigenvalue weighted by Gasteiger charge is -2.28. The van der Waals surface area contributed by atoms with Crippen molar-refractivity contribution < 1.29 is 20.1 Å². The summed E-state index contributed by atoms with van der Waals surface area (Å²) in [5.41, 5.74) is 7.13. The smallest absolute Gasteiger partial charge is 0.246 e. The van der Waals surface area contributed by atoms with Gasteiger partial charge in [0.25, 0.3) is 0 Å². The van der Waals surface area contributed by atoms with E-state index in [1.165, 1.54) is 34.4 Å². The van der Waals surface area contributed by atoms with E-state index in [1.54, 1.807) is 17.0 Å². The Hall–Kier alpha value is -3.05. The second-order valence-corrected chi connectivity index (χ2v) is 11.9. The molecule has 0 radical (unpaired) electrons. The molecule has 1 aromatic carbocycles. The first-order valence-electron chi connectivity index (χ1n) is 15.1. The largest absolute Gasteiger partial charge is 0.504 e. The summed E-state index contributed by atoms with van der Waals surface area (Å²) < 4.78 is 0. The van der Waals surface area contributed by atoms with Gasteiger partial charge < -0.3 is 20.2 Å². The second kappa shape index (κ2) is 19.1. The molecule has 1 amide bonds. The van der Waals surface area contributed by atoms with E-state index in [9.17, 15) is 20.1 Å². The summed E-state index contributed by atoms with van der Waals surface area (Å²) in [5, 5.41) is 29.9. The Balaban J connectivity index is 2.51. The third kappa shape index (κ3) is 15.5. The van der Waals surface area contributed by atoms with Crippen molar-refractivity contribution in [2.24, 2.45) is 0 Å². The van der Waals surface area contributed by atoms with Crippen LogP contribution in [0, 0.1) is 0 Å². The number of carbonyl (C=O) groups excluding carboxylic acids is 1. The number of aliphatic hydroxyl groups is 1. The molecule has 228 valence electrons. The van der Waals surface area contributed by atoms with E-state index in [4.69, 9.17) is 0 Å². The highest BCUT2D eigenvalue weighted by Crippen LogP contribution is 2.28. The van der Waals surface area contributed by atoms with Crippen LogP contribution in [0.15, 0.2) is 76.4 Å². The van der Waals surface area contributed by atoms with E-state index < -0.39 is 6.10 Å². The van der Waals surface area contributed by atoms with Crippen LogP contribution in [-0.2, 0) is 4.79 Å². The molecule has 1 rings (SSSR count). The van der Waals surface area contributed by atoms with Crippen LogP contribution < -0.4 is 0 Å². The number of benzene rings is 1.